The van der Waals surface area contributed by atoms with E-state index < -0.39 is 23.3 Å². The molecule has 2 heterocycles. The van der Waals surface area contributed by atoms with Crippen molar-refractivity contribution in [1.29, 1.82) is 0 Å². The maximum Gasteiger partial charge on any atom is 0.349 e. The molecule has 0 aliphatic rings. The fourth-order valence-electron chi connectivity index (χ4n) is 3.62. The number of nitrogens with one attached hydrogen (secondary N) is 1. The zero-order chi connectivity index (χ0) is 24.4. The first kappa shape index (κ1) is 22.7. The van der Waals surface area contributed by atoms with Crippen molar-refractivity contribution < 1.29 is 23.5 Å². The van der Waals surface area contributed by atoms with Gasteiger partial charge in [-0.1, -0.05) is 0 Å². The molecule has 174 valence electrons. The highest BCUT2D eigenvalue weighted by atomic mass is 19.1. The third-order valence-corrected chi connectivity index (χ3v) is 5.40. The number of amides is 1. The molecule has 10 heteroatoms. The molecule has 0 aliphatic carbocycles. The Balaban J connectivity index is 1.72. The quantitative estimate of drug-likeness (QED) is 0.398. The van der Waals surface area contributed by atoms with Crippen LogP contribution in [0.25, 0.3) is 16.7 Å². The van der Waals surface area contributed by atoms with Crippen LogP contribution in [0.15, 0.2) is 63.9 Å². The molecule has 4 aromatic rings. The van der Waals surface area contributed by atoms with Gasteiger partial charge in [0, 0.05) is 30.2 Å². The number of benzene rings is 2. The van der Waals surface area contributed by atoms with Crippen LogP contribution in [-0.2, 0) is 0 Å². The van der Waals surface area contributed by atoms with E-state index in [2.05, 4.69) is 15.3 Å². The van der Waals surface area contributed by atoms with E-state index in [1.54, 1.807) is 12.1 Å². The van der Waals surface area contributed by atoms with Gasteiger partial charge in [0.1, 0.15) is 22.5 Å². The number of hydrogen-bond acceptors (Lipinski definition) is 6. The van der Waals surface area contributed by atoms with E-state index in [-0.39, 0.29) is 16.9 Å². The largest absolute Gasteiger partial charge is 0.477 e. The van der Waals surface area contributed by atoms with E-state index in [9.17, 15) is 23.9 Å². The summed E-state index contributed by atoms with van der Waals surface area (Å²) in [6.07, 6.45) is 1.05. The van der Waals surface area contributed by atoms with Crippen molar-refractivity contribution >= 4 is 34.4 Å². The second-order valence-electron chi connectivity index (χ2n) is 7.40. The number of carboxylic acid groups (broad SMARTS) is 1. The zero-order valence-electron chi connectivity index (χ0n) is 18.4. The Kier molecular flexibility index (Phi) is 6.13. The SMILES string of the molecule is CCN(CC)c1ccc2cc(C(=O)Nc3c(C(=O)O)cnn3-c3ccc(F)cc3)c(=O)oc2c1. The summed E-state index contributed by atoms with van der Waals surface area (Å²) in [6, 6.07) is 11.8. The monoisotopic (exact) mass is 464 g/mol. The molecule has 0 saturated heterocycles. The van der Waals surface area contributed by atoms with Crippen molar-refractivity contribution in [1.82, 2.24) is 9.78 Å². The maximum absolute atomic E-state index is 13.3. The van der Waals surface area contributed by atoms with E-state index >= 15 is 0 Å². The van der Waals surface area contributed by atoms with Crippen LogP contribution in [0.5, 0.6) is 0 Å². The van der Waals surface area contributed by atoms with Crippen molar-refractivity contribution in [2.24, 2.45) is 0 Å². The number of halogens is 1. The van der Waals surface area contributed by atoms with Gasteiger partial charge in [0.25, 0.3) is 5.91 Å². The van der Waals surface area contributed by atoms with Gasteiger partial charge in [-0.2, -0.15) is 5.10 Å². The van der Waals surface area contributed by atoms with Crippen LogP contribution < -0.4 is 15.8 Å². The lowest BCUT2D eigenvalue weighted by Gasteiger charge is -2.21. The number of carboxylic acids is 1. The van der Waals surface area contributed by atoms with Gasteiger partial charge in [-0.05, 0) is 56.3 Å². The molecule has 2 N–H and O–H groups in total. The van der Waals surface area contributed by atoms with E-state index in [0.29, 0.717) is 16.7 Å². The molecule has 0 radical (unpaired) electrons. The van der Waals surface area contributed by atoms with Crippen LogP contribution in [0.1, 0.15) is 34.6 Å². The molecule has 0 atom stereocenters. The first-order chi connectivity index (χ1) is 16.3. The van der Waals surface area contributed by atoms with Gasteiger partial charge >= 0.3 is 11.6 Å². The second-order valence-corrected chi connectivity index (χ2v) is 7.40. The van der Waals surface area contributed by atoms with Crippen LogP contribution in [0.2, 0.25) is 0 Å². The number of aromatic nitrogens is 2. The minimum Gasteiger partial charge on any atom is -0.477 e. The lowest BCUT2D eigenvalue weighted by molar-refractivity contribution is 0.0698. The predicted molar refractivity (Wildman–Crippen MR) is 124 cm³/mol. The van der Waals surface area contributed by atoms with E-state index in [1.165, 1.54) is 30.3 Å². The van der Waals surface area contributed by atoms with Crippen LogP contribution in [0.4, 0.5) is 15.9 Å². The van der Waals surface area contributed by atoms with Crippen molar-refractivity contribution in [3.63, 3.8) is 0 Å². The van der Waals surface area contributed by atoms with Crippen molar-refractivity contribution in [3.05, 3.63) is 82.1 Å². The molecule has 0 bridgehead atoms. The van der Waals surface area contributed by atoms with Crippen LogP contribution in [0, 0.1) is 5.82 Å². The number of carbonyl (C=O) groups is 2. The Hall–Kier alpha value is -4.47. The molecule has 0 spiro atoms. The van der Waals surface area contributed by atoms with Gasteiger partial charge in [-0.3, -0.25) is 4.79 Å². The number of anilines is 2. The van der Waals surface area contributed by atoms with Gasteiger partial charge in [-0.15, -0.1) is 0 Å². The fourth-order valence-corrected chi connectivity index (χ4v) is 3.62. The summed E-state index contributed by atoms with van der Waals surface area (Å²) in [7, 11) is 0. The van der Waals surface area contributed by atoms with Crippen LogP contribution in [0.3, 0.4) is 0 Å². The number of hydrogen-bond donors (Lipinski definition) is 2. The van der Waals surface area contributed by atoms with Gasteiger partial charge in [0.2, 0.25) is 0 Å². The Morgan fingerprint density at radius 2 is 1.79 bits per heavy atom. The highest BCUT2D eigenvalue weighted by molar-refractivity contribution is 6.08. The van der Waals surface area contributed by atoms with Crippen LogP contribution >= 0.6 is 0 Å². The van der Waals surface area contributed by atoms with Crippen molar-refractivity contribution in [2.75, 3.05) is 23.3 Å². The Bertz CT molecular complexity index is 1440. The van der Waals surface area contributed by atoms with Crippen LogP contribution in [-0.4, -0.2) is 39.9 Å². The number of nitrogens with zero attached hydrogens (tertiary/aromatic N) is 3. The van der Waals surface area contributed by atoms with Gasteiger partial charge in [0.05, 0.1) is 11.9 Å². The number of carbonyl (C=O) groups excluding carboxylic acids is 1. The first-order valence-electron chi connectivity index (χ1n) is 10.5. The summed E-state index contributed by atoms with van der Waals surface area (Å²) >= 11 is 0. The van der Waals surface area contributed by atoms with Crippen molar-refractivity contribution in [2.45, 2.75) is 13.8 Å². The third-order valence-electron chi connectivity index (χ3n) is 5.40. The molecule has 0 saturated carbocycles. The van der Waals surface area contributed by atoms with E-state index in [4.69, 9.17) is 4.42 Å². The molecule has 0 aliphatic heterocycles. The maximum atomic E-state index is 13.3. The van der Waals surface area contributed by atoms with E-state index in [0.717, 1.165) is 29.7 Å². The topological polar surface area (TPSA) is 118 Å². The second kappa shape index (κ2) is 9.18. The molecular weight excluding hydrogens is 443 g/mol. The fraction of sp³-hybridized carbons (Fsp3) is 0.167. The lowest BCUT2D eigenvalue weighted by atomic mass is 10.1. The number of rotatable bonds is 7. The minimum absolute atomic E-state index is 0.180. The molecule has 0 fully saturated rings. The highest BCUT2D eigenvalue weighted by Gasteiger charge is 2.23. The number of fused-ring (bicyclic) bond motifs is 1. The normalized spacial score (nSPS) is 10.9. The van der Waals surface area contributed by atoms with Gasteiger partial charge in [-0.25, -0.2) is 18.7 Å². The Morgan fingerprint density at radius 1 is 1.09 bits per heavy atom. The third kappa shape index (κ3) is 4.25. The molecule has 4 rings (SSSR count). The highest BCUT2D eigenvalue weighted by Crippen LogP contribution is 2.24. The molecule has 1 amide bonds. The molecule has 9 nitrogen and oxygen atoms in total. The molecule has 2 aromatic heterocycles. The lowest BCUT2D eigenvalue weighted by Crippen LogP contribution is -2.23. The molecule has 2 aromatic carbocycles. The Labute approximate surface area is 193 Å². The summed E-state index contributed by atoms with van der Waals surface area (Å²) in [5.74, 6) is -2.87. The summed E-state index contributed by atoms with van der Waals surface area (Å²) in [5, 5.41) is 16.5. The zero-order valence-corrected chi connectivity index (χ0v) is 18.4. The summed E-state index contributed by atoms with van der Waals surface area (Å²) < 4.78 is 19.8. The van der Waals surface area contributed by atoms with Crippen molar-refractivity contribution in [3.8, 4) is 5.69 Å². The summed E-state index contributed by atoms with van der Waals surface area (Å²) in [5.41, 5.74) is 0.0591. The predicted octanol–water partition coefficient (Wildman–Crippen LogP) is 3.91. The summed E-state index contributed by atoms with van der Waals surface area (Å²) in [6.45, 7) is 5.58. The number of aromatic carboxylic acids is 1. The summed E-state index contributed by atoms with van der Waals surface area (Å²) in [4.78, 5) is 39.4. The minimum atomic E-state index is -1.34. The average Bonchev–Trinajstić information content (AvgIpc) is 3.23. The van der Waals surface area contributed by atoms with Gasteiger partial charge < -0.3 is 19.7 Å². The smallest absolute Gasteiger partial charge is 0.349 e. The van der Waals surface area contributed by atoms with Gasteiger partial charge in [0.15, 0.2) is 5.82 Å². The molecule has 0 unspecified atom stereocenters. The van der Waals surface area contributed by atoms with E-state index in [1.807, 2.05) is 19.9 Å². The molecule has 34 heavy (non-hydrogen) atoms. The molecular formula is C24H21FN4O5. The first-order valence-corrected chi connectivity index (χ1v) is 10.5. The standard InChI is InChI=1S/C24H21FN4O5/c1-3-28(4-2)17-8-5-14-11-18(24(33)34-20(14)12-17)22(30)27-21-19(23(31)32)13-26-29(21)16-9-6-15(25)7-10-16/h5-13H,3-4H2,1-2H3,(H,27,30)(H,31,32). The Morgan fingerprint density at radius 3 is 2.44 bits per heavy atom. The average molecular weight is 464 g/mol.